The van der Waals surface area contributed by atoms with Crippen molar-refractivity contribution < 1.29 is 43.0 Å². The number of rotatable bonds is 23. The van der Waals surface area contributed by atoms with Crippen molar-refractivity contribution in [3.8, 4) is 5.75 Å². The van der Waals surface area contributed by atoms with Crippen LogP contribution in [0.15, 0.2) is 24.3 Å². The molecule has 0 heterocycles. The van der Waals surface area contributed by atoms with Crippen molar-refractivity contribution in [3.63, 3.8) is 0 Å². The number of aryl methyl sites for hydroxylation is 1. The summed E-state index contributed by atoms with van der Waals surface area (Å²) in [7, 11) is -4.65. The first-order valence-electron chi connectivity index (χ1n) is 13.8. The fraction of sp³-hybridized carbons (Fsp3) is 0.704. The molecule has 6 N–H and O–H groups in total. The Labute approximate surface area is 232 Å². The number of carbonyl (C=O) groups excluding carboxylic acids is 1. The van der Waals surface area contributed by atoms with Crippen molar-refractivity contribution >= 4 is 19.7 Å². The summed E-state index contributed by atoms with van der Waals surface area (Å²) >= 11 is 0. The second-order valence-corrected chi connectivity index (χ2v) is 11.1. The maximum absolute atomic E-state index is 12.2. The number of aliphatic carboxylic acids is 1. The van der Waals surface area contributed by atoms with Crippen molar-refractivity contribution in [1.29, 1.82) is 0 Å². The second kappa shape index (κ2) is 20.0. The van der Waals surface area contributed by atoms with Gasteiger partial charge in [-0.15, -0.1) is 0 Å². The Hall–Kier alpha value is -2.01. The highest BCUT2D eigenvalue weighted by atomic mass is 31.2. The fourth-order valence-electron chi connectivity index (χ4n) is 3.72. The van der Waals surface area contributed by atoms with E-state index in [1.54, 1.807) is 0 Å². The third-order valence-corrected chi connectivity index (χ3v) is 7.19. The third-order valence-electron chi connectivity index (χ3n) is 6.11. The van der Waals surface area contributed by atoms with Crippen molar-refractivity contribution in [2.75, 3.05) is 19.8 Å². The Bertz CT molecular complexity index is 887. The molecule has 1 aromatic carbocycles. The van der Waals surface area contributed by atoms with Crippen molar-refractivity contribution in [2.45, 2.75) is 103 Å². The summed E-state index contributed by atoms with van der Waals surface area (Å²) in [6.07, 6.45) is 9.37. The molecule has 0 aliphatic carbocycles. The molecule has 0 radical (unpaired) electrons. The molecule has 0 bridgehead atoms. The largest absolute Gasteiger partial charge is 0.494 e. The Kier molecular flexibility index (Phi) is 17.9. The maximum atomic E-state index is 12.2. The van der Waals surface area contributed by atoms with E-state index in [0.717, 1.165) is 24.2 Å². The Morgan fingerprint density at radius 2 is 1.72 bits per heavy atom. The molecule has 0 aliphatic rings. The van der Waals surface area contributed by atoms with Crippen LogP contribution in [0.4, 0.5) is 0 Å². The molecule has 0 saturated heterocycles. The van der Waals surface area contributed by atoms with Crippen LogP contribution in [-0.2, 0) is 29.6 Å². The summed E-state index contributed by atoms with van der Waals surface area (Å²) in [6, 6.07) is 6.09. The molecule has 12 heteroatoms. The van der Waals surface area contributed by atoms with E-state index < -0.39 is 38.6 Å². The standard InChI is InChI=1S/C27H47N2O9P/c1-3-4-5-6-7-8-9-10-11-17-36-24-14-12-13-22(18-24)15-16-25(31)29-19-23(30)20-37-39(34,35)38-21(2)26(28)27(32)33/h12-14,18,21,23,26,30H,3-11,15-17,19-20,28H2,1-2H3,(H,29,31)(H,32,33)(H,34,35)/t21-,23+,26-/m0/s1. The lowest BCUT2D eigenvalue weighted by Crippen LogP contribution is -2.41. The van der Waals surface area contributed by atoms with Crippen LogP contribution >= 0.6 is 7.82 Å². The van der Waals surface area contributed by atoms with Crippen LogP contribution in [0.5, 0.6) is 5.75 Å². The zero-order valence-electron chi connectivity index (χ0n) is 23.3. The minimum Gasteiger partial charge on any atom is -0.494 e. The van der Waals surface area contributed by atoms with Crippen LogP contribution in [0.2, 0.25) is 0 Å². The van der Waals surface area contributed by atoms with Crippen LogP contribution in [0.1, 0.15) is 83.6 Å². The zero-order valence-corrected chi connectivity index (χ0v) is 24.2. The third kappa shape index (κ3) is 17.3. The molecular weight excluding hydrogens is 527 g/mol. The van der Waals surface area contributed by atoms with Crippen LogP contribution in [-0.4, -0.2) is 65.0 Å². The Balaban J connectivity index is 2.23. The van der Waals surface area contributed by atoms with Gasteiger partial charge >= 0.3 is 13.8 Å². The summed E-state index contributed by atoms with van der Waals surface area (Å²) in [5, 5.41) is 21.3. The lowest BCUT2D eigenvalue weighted by molar-refractivity contribution is -0.140. The number of hydrogen-bond donors (Lipinski definition) is 5. The summed E-state index contributed by atoms with van der Waals surface area (Å²) in [4.78, 5) is 32.6. The molecule has 224 valence electrons. The van der Waals surface area contributed by atoms with Crippen molar-refractivity contribution in [1.82, 2.24) is 5.32 Å². The van der Waals surface area contributed by atoms with E-state index in [1.807, 2.05) is 24.3 Å². The van der Waals surface area contributed by atoms with Crippen molar-refractivity contribution in [2.24, 2.45) is 5.73 Å². The van der Waals surface area contributed by atoms with Gasteiger partial charge < -0.3 is 30.9 Å². The van der Waals surface area contributed by atoms with Gasteiger partial charge in [-0.3, -0.25) is 18.6 Å². The lowest BCUT2D eigenvalue weighted by Gasteiger charge is -2.21. The van der Waals surface area contributed by atoms with E-state index in [1.165, 1.54) is 51.9 Å². The number of carboxylic acid groups (broad SMARTS) is 1. The van der Waals surface area contributed by atoms with Crippen LogP contribution in [0.3, 0.4) is 0 Å². The topological polar surface area (TPSA) is 178 Å². The summed E-state index contributed by atoms with van der Waals surface area (Å²) < 4.78 is 27.1. The fourth-order valence-corrected chi connectivity index (χ4v) is 4.69. The lowest BCUT2D eigenvalue weighted by atomic mass is 10.1. The van der Waals surface area contributed by atoms with Gasteiger partial charge in [0.05, 0.1) is 25.4 Å². The first-order valence-corrected chi connectivity index (χ1v) is 15.3. The van der Waals surface area contributed by atoms with Gasteiger partial charge in [0, 0.05) is 13.0 Å². The molecule has 0 aromatic heterocycles. The number of aliphatic hydroxyl groups is 1. The Morgan fingerprint density at radius 3 is 2.36 bits per heavy atom. The number of phosphoric acid groups is 1. The van der Waals surface area contributed by atoms with Gasteiger partial charge in [-0.05, 0) is 37.5 Å². The second-order valence-electron chi connectivity index (χ2n) is 9.72. The zero-order chi connectivity index (χ0) is 29.1. The molecule has 4 atom stereocenters. The summed E-state index contributed by atoms with van der Waals surface area (Å²) in [5.41, 5.74) is 6.27. The molecule has 39 heavy (non-hydrogen) atoms. The molecule has 11 nitrogen and oxygen atoms in total. The van der Waals surface area contributed by atoms with Gasteiger partial charge in [0.15, 0.2) is 0 Å². The number of unbranched alkanes of at least 4 members (excludes halogenated alkanes) is 8. The number of nitrogens with two attached hydrogens (primary N) is 1. The molecule has 0 spiro atoms. The number of carboxylic acids is 1. The predicted molar refractivity (Wildman–Crippen MR) is 148 cm³/mol. The monoisotopic (exact) mass is 574 g/mol. The number of ether oxygens (including phenoxy) is 1. The number of benzene rings is 1. The van der Waals surface area contributed by atoms with Crippen LogP contribution in [0.25, 0.3) is 0 Å². The summed E-state index contributed by atoms with van der Waals surface area (Å²) in [6.45, 7) is 3.29. The number of nitrogens with one attached hydrogen (secondary N) is 1. The molecule has 0 saturated carbocycles. The van der Waals surface area contributed by atoms with Gasteiger partial charge in [0.2, 0.25) is 5.91 Å². The maximum Gasteiger partial charge on any atom is 0.472 e. The number of amides is 1. The van der Waals surface area contributed by atoms with Crippen LogP contribution < -0.4 is 15.8 Å². The normalized spacial score (nSPS) is 15.2. The SMILES string of the molecule is CCCCCCCCCCCOc1cccc(CCC(=O)NC[C@@H](O)COP(=O)(O)O[C@@H](C)[C@H](N)C(=O)O)c1. The number of phosphoric ester groups is 1. The van der Waals surface area contributed by atoms with E-state index >= 15 is 0 Å². The molecule has 1 aromatic rings. The van der Waals surface area contributed by atoms with Crippen LogP contribution in [0, 0.1) is 0 Å². The van der Waals surface area contributed by atoms with E-state index in [0.29, 0.717) is 13.0 Å². The average Bonchev–Trinajstić information content (AvgIpc) is 2.90. The van der Waals surface area contributed by atoms with Gasteiger partial charge in [-0.2, -0.15) is 0 Å². The van der Waals surface area contributed by atoms with Gasteiger partial charge in [-0.25, -0.2) is 4.57 Å². The molecule has 0 fully saturated rings. The smallest absolute Gasteiger partial charge is 0.472 e. The highest BCUT2D eigenvalue weighted by molar-refractivity contribution is 7.47. The number of hydrogen-bond acceptors (Lipinski definition) is 8. The first-order chi connectivity index (χ1) is 18.5. The molecule has 0 aliphatic heterocycles. The van der Waals surface area contributed by atoms with Crippen molar-refractivity contribution in [3.05, 3.63) is 29.8 Å². The van der Waals surface area contributed by atoms with Gasteiger partial charge in [-0.1, -0.05) is 70.4 Å². The first kappa shape index (κ1) is 35.0. The molecule has 1 amide bonds. The number of carbonyl (C=O) groups is 2. The summed E-state index contributed by atoms with van der Waals surface area (Å²) in [5.74, 6) is -0.938. The average molecular weight is 575 g/mol. The van der Waals surface area contributed by atoms with Gasteiger partial charge in [0.1, 0.15) is 11.8 Å². The predicted octanol–water partition coefficient (Wildman–Crippen LogP) is 3.94. The molecule has 1 unspecified atom stereocenters. The van der Waals surface area contributed by atoms with Gasteiger partial charge in [0.25, 0.3) is 0 Å². The Morgan fingerprint density at radius 1 is 1.08 bits per heavy atom. The highest BCUT2D eigenvalue weighted by Gasteiger charge is 2.31. The number of aliphatic hydroxyl groups excluding tert-OH is 1. The highest BCUT2D eigenvalue weighted by Crippen LogP contribution is 2.44. The minimum absolute atomic E-state index is 0.182. The quantitative estimate of drug-likeness (QED) is 0.0950. The van der Waals surface area contributed by atoms with E-state index in [9.17, 15) is 24.2 Å². The molecule has 1 rings (SSSR count). The minimum atomic E-state index is -4.65. The van der Waals surface area contributed by atoms with E-state index in [4.69, 9.17) is 15.6 Å². The van der Waals surface area contributed by atoms with E-state index in [-0.39, 0.29) is 18.9 Å². The molecular formula is C27H47N2O9P. The van der Waals surface area contributed by atoms with E-state index in [2.05, 4.69) is 21.3 Å².